The average molecular weight is 273 g/mol. The van der Waals surface area contributed by atoms with Gasteiger partial charge in [0.05, 0.1) is 6.54 Å². The Morgan fingerprint density at radius 1 is 0.762 bits per heavy atom. The third-order valence-corrected chi connectivity index (χ3v) is 3.94. The molecule has 21 heavy (non-hydrogen) atoms. The molecule has 3 aromatic carbocycles. The van der Waals surface area contributed by atoms with Gasteiger partial charge >= 0.3 is 0 Å². The summed E-state index contributed by atoms with van der Waals surface area (Å²) in [6.45, 7) is 0.672. The van der Waals surface area contributed by atoms with Gasteiger partial charge in [-0.1, -0.05) is 54.6 Å². The van der Waals surface area contributed by atoms with Gasteiger partial charge in [0.15, 0.2) is 5.88 Å². The first-order chi connectivity index (χ1) is 10.3. The molecule has 0 spiro atoms. The van der Waals surface area contributed by atoms with Crippen LogP contribution in [0.1, 0.15) is 5.56 Å². The monoisotopic (exact) mass is 273 g/mol. The molecule has 0 aliphatic heterocycles. The lowest BCUT2D eigenvalue weighted by atomic mass is 10.1. The average Bonchev–Trinajstić information content (AvgIpc) is 2.84. The maximum atomic E-state index is 10.3. The van der Waals surface area contributed by atoms with Gasteiger partial charge in [0.1, 0.15) is 0 Å². The summed E-state index contributed by atoms with van der Waals surface area (Å²) >= 11 is 0. The van der Waals surface area contributed by atoms with Gasteiger partial charge in [0, 0.05) is 17.0 Å². The van der Waals surface area contributed by atoms with Crippen LogP contribution in [0.4, 0.5) is 0 Å². The Balaban J connectivity index is 1.77. The zero-order valence-electron chi connectivity index (χ0n) is 11.5. The van der Waals surface area contributed by atoms with Crippen LogP contribution in [0.3, 0.4) is 0 Å². The second-order valence-electron chi connectivity index (χ2n) is 5.35. The molecule has 4 rings (SSSR count). The number of aromatic nitrogens is 1. The summed E-state index contributed by atoms with van der Waals surface area (Å²) in [5.41, 5.74) is 1.18. The maximum absolute atomic E-state index is 10.3. The van der Waals surface area contributed by atoms with Gasteiger partial charge in [0.2, 0.25) is 0 Å². The standard InChI is InChI=1S/C19H15NO/c21-19-18-8-4-3-7-17(18)13-20(19)12-14-9-10-15-5-1-2-6-16(15)11-14/h1-11,13,21H,12H2. The predicted octanol–water partition coefficient (Wildman–Crippen LogP) is 4.55. The Morgan fingerprint density at radius 3 is 2.29 bits per heavy atom. The highest BCUT2D eigenvalue weighted by Gasteiger charge is 2.07. The number of aromatic hydroxyl groups is 1. The lowest BCUT2D eigenvalue weighted by molar-refractivity contribution is 0.430. The SMILES string of the molecule is Oc1c2ccccc2cn1Cc1ccc2ccccc2c1. The van der Waals surface area contributed by atoms with E-state index in [4.69, 9.17) is 0 Å². The van der Waals surface area contributed by atoms with Crippen molar-refractivity contribution in [3.8, 4) is 5.88 Å². The van der Waals surface area contributed by atoms with Crippen LogP contribution in [0, 0.1) is 0 Å². The minimum Gasteiger partial charge on any atom is -0.494 e. The predicted molar refractivity (Wildman–Crippen MR) is 86.7 cm³/mol. The molecule has 2 heteroatoms. The smallest absolute Gasteiger partial charge is 0.199 e. The Morgan fingerprint density at radius 2 is 1.48 bits per heavy atom. The van der Waals surface area contributed by atoms with E-state index < -0.39 is 0 Å². The number of fused-ring (bicyclic) bond motifs is 2. The van der Waals surface area contributed by atoms with Crippen molar-refractivity contribution in [3.63, 3.8) is 0 Å². The van der Waals surface area contributed by atoms with E-state index >= 15 is 0 Å². The Bertz CT molecular complexity index is 937. The van der Waals surface area contributed by atoms with E-state index in [2.05, 4.69) is 30.3 Å². The van der Waals surface area contributed by atoms with Crippen LogP contribution >= 0.6 is 0 Å². The van der Waals surface area contributed by atoms with Gasteiger partial charge in [-0.3, -0.25) is 0 Å². The highest BCUT2D eigenvalue weighted by Crippen LogP contribution is 2.28. The lowest BCUT2D eigenvalue weighted by Gasteiger charge is -2.06. The van der Waals surface area contributed by atoms with E-state index in [1.807, 2.05) is 47.2 Å². The fourth-order valence-corrected chi connectivity index (χ4v) is 2.85. The van der Waals surface area contributed by atoms with E-state index in [1.54, 1.807) is 0 Å². The summed E-state index contributed by atoms with van der Waals surface area (Å²) in [7, 11) is 0. The molecule has 1 heterocycles. The Hall–Kier alpha value is -2.74. The zero-order chi connectivity index (χ0) is 14.2. The minimum atomic E-state index is 0.332. The summed E-state index contributed by atoms with van der Waals surface area (Å²) in [6, 6.07) is 22.7. The highest BCUT2D eigenvalue weighted by atomic mass is 16.3. The molecule has 0 amide bonds. The van der Waals surface area contributed by atoms with Crippen LogP contribution < -0.4 is 0 Å². The van der Waals surface area contributed by atoms with Crippen molar-refractivity contribution < 1.29 is 5.11 Å². The fraction of sp³-hybridized carbons (Fsp3) is 0.0526. The van der Waals surface area contributed by atoms with Gasteiger partial charge in [-0.25, -0.2) is 0 Å². The van der Waals surface area contributed by atoms with Crippen molar-refractivity contribution in [1.29, 1.82) is 0 Å². The quantitative estimate of drug-likeness (QED) is 0.569. The molecule has 0 aliphatic rings. The van der Waals surface area contributed by atoms with Crippen molar-refractivity contribution in [2.24, 2.45) is 0 Å². The molecule has 1 N–H and O–H groups in total. The Kier molecular flexibility index (Phi) is 2.68. The van der Waals surface area contributed by atoms with E-state index in [0.717, 1.165) is 10.8 Å². The summed E-state index contributed by atoms with van der Waals surface area (Å²) in [5, 5.41) is 14.8. The number of hydrogen-bond acceptors (Lipinski definition) is 1. The van der Waals surface area contributed by atoms with Crippen LogP contribution in [0.2, 0.25) is 0 Å². The van der Waals surface area contributed by atoms with Crippen LogP contribution in [-0.2, 0) is 6.54 Å². The summed E-state index contributed by atoms with van der Waals surface area (Å²) in [5.74, 6) is 0.332. The zero-order valence-corrected chi connectivity index (χ0v) is 11.5. The summed E-state index contributed by atoms with van der Waals surface area (Å²) < 4.78 is 1.90. The highest BCUT2D eigenvalue weighted by molar-refractivity contribution is 5.88. The van der Waals surface area contributed by atoms with Gasteiger partial charge in [0.25, 0.3) is 0 Å². The van der Waals surface area contributed by atoms with Gasteiger partial charge in [-0.15, -0.1) is 0 Å². The van der Waals surface area contributed by atoms with Crippen molar-refractivity contribution in [2.75, 3.05) is 0 Å². The molecule has 0 saturated carbocycles. The molecule has 0 aliphatic carbocycles. The molecule has 4 aromatic rings. The maximum Gasteiger partial charge on any atom is 0.199 e. The van der Waals surface area contributed by atoms with E-state index in [1.165, 1.54) is 16.3 Å². The molecule has 0 atom stereocenters. The van der Waals surface area contributed by atoms with E-state index in [9.17, 15) is 5.11 Å². The first-order valence-corrected chi connectivity index (χ1v) is 7.06. The molecular formula is C19H15NO. The van der Waals surface area contributed by atoms with Crippen LogP contribution in [-0.4, -0.2) is 9.67 Å². The van der Waals surface area contributed by atoms with Crippen molar-refractivity contribution in [3.05, 3.63) is 78.5 Å². The number of nitrogens with zero attached hydrogens (tertiary/aromatic N) is 1. The molecule has 0 radical (unpaired) electrons. The molecule has 0 saturated heterocycles. The van der Waals surface area contributed by atoms with Crippen molar-refractivity contribution in [1.82, 2.24) is 4.57 Å². The van der Waals surface area contributed by atoms with Gasteiger partial charge in [-0.05, 0) is 28.5 Å². The second kappa shape index (κ2) is 4.67. The Labute approximate surface area is 122 Å². The molecule has 0 fully saturated rings. The molecule has 1 aromatic heterocycles. The van der Waals surface area contributed by atoms with E-state index in [-0.39, 0.29) is 0 Å². The second-order valence-corrected chi connectivity index (χ2v) is 5.35. The minimum absolute atomic E-state index is 0.332. The number of rotatable bonds is 2. The molecule has 2 nitrogen and oxygen atoms in total. The van der Waals surface area contributed by atoms with E-state index in [0.29, 0.717) is 12.4 Å². The molecule has 0 bridgehead atoms. The topological polar surface area (TPSA) is 25.2 Å². The lowest BCUT2D eigenvalue weighted by Crippen LogP contribution is -1.97. The number of benzene rings is 3. The summed E-state index contributed by atoms with van der Waals surface area (Å²) in [6.07, 6.45) is 2.00. The first kappa shape index (κ1) is 12.0. The van der Waals surface area contributed by atoms with Crippen LogP contribution in [0.15, 0.2) is 72.9 Å². The third-order valence-electron chi connectivity index (χ3n) is 3.94. The van der Waals surface area contributed by atoms with Gasteiger partial charge in [-0.2, -0.15) is 0 Å². The summed E-state index contributed by atoms with van der Waals surface area (Å²) in [4.78, 5) is 0. The number of hydrogen-bond donors (Lipinski definition) is 1. The normalized spacial score (nSPS) is 11.2. The van der Waals surface area contributed by atoms with Crippen LogP contribution in [0.25, 0.3) is 21.5 Å². The van der Waals surface area contributed by atoms with Crippen molar-refractivity contribution in [2.45, 2.75) is 6.54 Å². The van der Waals surface area contributed by atoms with Crippen molar-refractivity contribution >= 4 is 21.5 Å². The fourth-order valence-electron chi connectivity index (χ4n) is 2.85. The molecular weight excluding hydrogens is 258 g/mol. The van der Waals surface area contributed by atoms with Gasteiger partial charge < -0.3 is 9.67 Å². The third kappa shape index (κ3) is 2.05. The molecule has 0 unspecified atom stereocenters. The first-order valence-electron chi connectivity index (χ1n) is 7.06. The molecule has 102 valence electrons. The largest absolute Gasteiger partial charge is 0.494 e. The van der Waals surface area contributed by atoms with Crippen LogP contribution in [0.5, 0.6) is 5.88 Å².